The molecule has 1 fully saturated rings. The van der Waals surface area contributed by atoms with E-state index in [0.717, 1.165) is 43.6 Å². The van der Waals surface area contributed by atoms with Gasteiger partial charge in [0, 0.05) is 17.3 Å². The van der Waals surface area contributed by atoms with Crippen molar-refractivity contribution in [3.8, 4) is 0 Å². The number of carbonyl (C=O) groups excluding carboxylic acids is 1. The van der Waals surface area contributed by atoms with Crippen LogP contribution < -0.4 is 0 Å². The summed E-state index contributed by atoms with van der Waals surface area (Å²) in [5.74, 6) is 0.797. The van der Waals surface area contributed by atoms with Crippen LogP contribution in [-0.4, -0.2) is 41.3 Å². The van der Waals surface area contributed by atoms with E-state index in [2.05, 4.69) is 21.9 Å². The molecule has 2 rings (SSSR count). The van der Waals surface area contributed by atoms with Crippen molar-refractivity contribution in [2.24, 2.45) is 0 Å². The first-order chi connectivity index (χ1) is 7.69. The summed E-state index contributed by atoms with van der Waals surface area (Å²) < 4.78 is 0. The predicted molar refractivity (Wildman–Crippen MR) is 61.6 cm³/mol. The van der Waals surface area contributed by atoms with Crippen molar-refractivity contribution in [2.75, 3.05) is 20.1 Å². The molecule has 86 valence electrons. The second kappa shape index (κ2) is 4.70. The summed E-state index contributed by atoms with van der Waals surface area (Å²) in [6.07, 6.45) is 2.96. The second-order valence-corrected chi connectivity index (χ2v) is 4.49. The summed E-state index contributed by atoms with van der Waals surface area (Å²) in [6, 6.07) is 2.00. The third-order valence-corrected chi connectivity index (χ3v) is 3.13. The quantitative estimate of drug-likeness (QED) is 0.705. The van der Waals surface area contributed by atoms with Crippen LogP contribution in [0.2, 0.25) is 0 Å². The van der Waals surface area contributed by atoms with E-state index in [1.807, 2.05) is 13.0 Å². The standard InChI is InChI=1S/C12H17N3O/c1-9-7-11(14-12(8-16)13-9)10-3-5-15(2)6-4-10/h7-8,10H,3-6H2,1-2H3. The summed E-state index contributed by atoms with van der Waals surface area (Å²) in [4.78, 5) is 21.4. The predicted octanol–water partition coefficient (Wildman–Crippen LogP) is 1.41. The summed E-state index contributed by atoms with van der Waals surface area (Å²) in [6.45, 7) is 4.11. The molecular weight excluding hydrogens is 202 g/mol. The summed E-state index contributed by atoms with van der Waals surface area (Å²) in [5.41, 5.74) is 1.91. The van der Waals surface area contributed by atoms with Gasteiger partial charge in [0.15, 0.2) is 12.1 Å². The first-order valence-corrected chi connectivity index (χ1v) is 5.68. The molecule has 0 N–H and O–H groups in total. The molecule has 0 spiro atoms. The maximum Gasteiger partial charge on any atom is 0.193 e. The molecule has 0 radical (unpaired) electrons. The van der Waals surface area contributed by atoms with Gasteiger partial charge in [-0.25, -0.2) is 9.97 Å². The molecule has 1 saturated heterocycles. The molecule has 0 atom stereocenters. The highest BCUT2D eigenvalue weighted by molar-refractivity contribution is 5.68. The lowest BCUT2D eigenvalue weighted by atomic mass is 9.93. The van der Waals surface area contributed by atoms with Crippen LogP contribution >= 0.6 is 0 Å². The molecule has 0 aromatic carbocycles. The lowest BCUT2D eigenvalue weighted by molar-refractivity contribution is 0.111. The van der Waals surface area contributed by atoms with Crippen LogP contribution in [0.5, 0.6) is 0 Å². The van der Waals surface area contributed by atoms with Crippen LogP contribution in [0.3, 0.4) is 0 Å². The Morgan fingerprint density at radius 2 is 2.06 bits per heavy atom. The Kier molecular flexibility index (Phi) is 3.29. The van der Waals surface area contributed by atoms with E-state index in [1.165, 1.54) is 0 Å². The van der Waals surface area contributed by atoms with Crippen molar-refractivity contribution < 1.29 is 4.79 Å². The van der Waals surface area contributed by atoms with Gasteiger partial charge in [-0.15, -0.1) is 0 Å². The molecule has 0 bridgehead atoms. The van der Waals surface area contributed by atoms with Gasteiger partial charge in [0.05, 0.1) is 0 Å². The smallest absolute Gasteiger partial charge is 0.193 e. The minimum absolute atomic E-state index is 0.314. The fourth-order valence-corrected chi connectivity index (χ4v) is 2.18. The number of hydrogen-bond acceptors (Lipinski definition) is 4. The van der Waals surface area contributed by atoms with Crippen molar-refractivity contribution >= 4 is 6.29 Å². The number of aldehydes is 1. The van der Waals surface area contributed by atoms with Crippen molar-refractivity contribution in [3.05, 3.63) is 23.3 Å². The highest BCUT2D eigenvalue weighted by Crippen LogP contribution is 2.26. The highest BCUT2D eigenvalue weighted by atomic mass is 16.1. The monoisotopic (exact) mass is 219 g/mol. The molecule has 2 heterocycles. The fourth-order valence-electron chi connectivity index (χ4n) is 2.18. The molecule has 1 aliphatic rings. The van der Waals surface area contributed by atoms with Crippen molar-refractivity contribution in [1.82, 2.24) is 14.9 Å². The second-order valence-electron chi connectivity index (χ2n) is 4.49. The first-order valence-electron chi connectivity index (χ1n) is 5.68. The van der Waals surface area contributed by atoms with Crippen LogP contribution in [0.25, 0.3) is 0 Å². The van der Waals surface area contributed by atoms with Gasteiger partial charge in [0.2, 0.25) is 0 Å². The summed E-state index contributed by atoms with van der Waals surface area (Å²) in [5, 5.41) is 0. The van der Waals surface area contributed by atoms with Crippen molar-refractivity contribution in [2.45, 2.75) is 25.7 Å². The SMILES string of the molecule is Cc1cc(C2CCN(C)CC2)nc(C=O)n1. The van der Waals surface area contributed by atoms with Gasteiger partial charge in [-0.3, -0.25) is 4.79 Å². The zero-order valence-corrected chi connectivity index (χ0v) is 9.81. The maximum atomic E-state index is 10.7. The zero-order chi connectivity index (χ0) is 11.5. The fraction of sp³-hybridized carbons (Fsp3) is 0.583. The van der Waals surface area contributed by atoms with E-state index in [-0.39, 0.29) is 0 Å². The average Bonchev–Trinajstić information content (AvgIpc) is 2.29. The number of rotatable bonds is 2. The van der Waals surface area contributed by atoms with E-state index in [0.29, 0.717) is 11.7 Å². The van der Waals surface area contributed by atoms with Gasteiger partial charge >= 0.3 is 0 Å². The molecule has 0 saturated carbocycles. The van der Waals surface area contributed by atoms with Gasteiger partial charge in [-0.1, -0.05) is 0 Å². The zero-order valence-electron chi connectivity index (χ0n) is 9.81. The van der Waals surface area contributed by atoms with E-state index >= 15 is 0 Å². The topological polar surface area (TPSA) is 46.1 Å². The van der Waals surface area contributed by atoms with Crippen LogP contribution in [0, 0.1) is 6.92 Å². The Labute approximate surface area is 95.7 Å². The number of carbonyl (C=O) groups is 1. The normalized spacial score (nSPS) is 18.6. The first kappa shape index (κ1) is 11.2. The van der Waals surface area contributed by atoms with Gasteiger partial charge in [0.25, 0.3) is 0 Å². The van der Waals surface area contributed by atoms with E-state index in [9.17, 15) is 4.79 Å². The Morgan fingerprint density at radius 3 is 2.69 bits per heavy atom. The van der Waals surface area contributed by atoms with E-state index in [4.69, 9.17) is 0 Å². The number of aromatic nitrogens is 2. The van der Waals surface area contributed by atoms with Crippen LogP contribution in [0.1, 0.15) is 40.8 Å². The maximum absolute atomic E-state index is 10.7. The van der Waals surface area contributed by atoms with E-state index < -0.39 is 0 Å². The van der Waals surface area contributed by atoms with E-state index in [1.54, 1.807) is 0 Å². The number of aryl methyl sites for hydroxylation is 1. The largest absolute Gasteiger partial charge is 0.306 e. The van der Waals surface area contributed by atoms with Gasteiger partial charge < -0.3 is 4.90 Å². The number of hydrogen-bond donors (Lipinski definition) is 0. The Hall–Kier alpha value is -1.29. The molecule has 4 heteroatoms. The minimum atomic E-state index is 0.314. The average molecular weight is 219 g/mol. The number of nitrogens with zero attached hydrogens (tertiary/aromatic N) is 3. The lowest BCUT2D eigenvalue weighted by Gasteiger charge is -2.28. The highest BCUT2D eigenvalue weighted by Gasteiger charge is 2.20. The summed E-state index contributed by atoms with van der Waals surface area (Å²) >= 11 is 0. The molecule has 0 unspecified atom stereocenters. The molecule has 0 aliphatic carbocycles. The Bertz CT molecular complexity index is 384. The molecule has 0 amide bonds. The summed E-state index contributed by atoms with van der Waals surface area (Å²) in [7, 11) is 2.14. The van der Waals surface area contributed by atoms with Crippen molar-refractivity contribution in [3.63, 3.8) is 0 Å². The van der Waals surface area contributed by atoms with Crippen molar-refractivity contribution in [1.29, 1.82) is 0 Å². The van der Waals surface area contributed by atoms with Gasteiger partial charge in [-0.05, 0) is 46.0 Å². The van der Waals surface area contributed by atoms with Gasteiger partial charge in [0.1, 0.15) is 0 Å². The Balaban J connectivity index is 2.19. The third kappa shape index (κ3) is 2.44. The minimum Gasteiger partial charge on any atom is -0.306 e. The molecule has 4 nitrogen and oxygen atoms in total. The van der Waals surface area contributed by atoms with Crippen LogP contribution in [0.15, 0.2) is 6.07 Å². The third-order valence-electron chi connectivity index (χ3n) is 3.13. The Morgan fingerprint density at radius 1 is 1.38 bits per heavy atom. The molecular formula is C12H17N3O. The van der Waals surface area contributed by atoms with Crippen LogP contribution in [-0.2, 0) is 0 Å². The molecule has 1 aliphatic heterocycles. The molecule has 16 heavy (non-hydrogen) atoms. The number of likely N-dealkylation sites (tertiary alicyclic amines) is 1. The molecule has 1 aromatic rings. The van der Waals surface area contributed by atoms with Gasteiger partial charge in [-0.2, -0.15) is 0 Å². The molecule has 1 aromatic heterocycles. The lowest BCUT2D eigenvalue weighted by Crippen LogP contribution is -2.29. The number of piperidine rings is 1. The van der Waals surface area contributed by atoms with Crippen LogP contribution in [0.4, 0.5) is 0 Å².